The number of piperidine rings is 1. The first-order chi connectivity index (χ1) is 15.9. The molecule has 4 aromatic heterocycles. The number of thiophene rings is 1. The van der Waals surface area contributed by atoms with Crippen molar-refractivity contribution in [2.45, 2.75) is 65.3 Å². The van der Waals surface area contributed by atoms with E-state index in [1.165, 1.54) is 56.6 Å². The van der Waals surface area contributed by atoms with E-state index in [9.17, 15) is 5.11 Å². The van der Waals surface area contributed by atoms with Crippen LogP contribution in [0, 0.1) is 26.7 Å². The molecule has 5 heterocycles. The number of aliphatic hydroxyl groups is 1. The lowest BCUT2D eigenvalue weighted by molar-refractivity contribution is 0.155. The van der Waals surface area contributed by atoms with Crippen molar-refractivity contribution in [1.29, 1.82) is 0 Å². The zero-order valence-electron chi connectivity index (χ0n) is 20.1. The number of pyridine rings is 1. The van der Waals surface area contributed by atoms with Gasteiger partial charge >= 0.3 is 0 Å². The Balaban J connectivity index is 1.46. The maximum Gasteiger partial charge on any atom is 0.158 e. The Hall–Kier alpha value is -2.22. The molecular weight excluding hydrogens is 430 g/mol. The third kappa shape index (κ3) is 3.05. The summed E-state index contributed by atoms with van der Waals surface area (Å²) in [5, 5.41) is 15.2. The molecule has 1 unspecified atom stereocenters. The molecule has 3 atom stereocenters. The molecule has 1 saturated carbocycles. The number of β-amino-alcohol motifs (C(OH)–C–C–N with tert-alkyl or cyclic N) is 1. The third-order valence-corrected chi connectivity index (χ3v) is 9.65. The van der Waals surface area contributed by atoms with Crippen LogP contribution in [0.2, 0.25) is 0 Å². The molecule has 174 valence electrons. The Bertz CT molecular complexity index is 1360. The number of likely N-dealkylation sites (tertiary alicyclic amines) is 1. The molecule has 2 aliphatic rings. The molecule has 6 rings (SSSR count). The summed E-state index contributed by atoms with van der Waals surface area (Å²) in [4.78, 5) is 13.7. The predicted octanol–water partition coefficient (Wildman–Crippen LogP) is 5.16. The van der Waals surface area contributed by atoms with E-state index < -0.39 is 0 Å². The second kappa shape index (κ2) is 7.65. The van der Waals surface area contributed by atoms with Gasteiger partial charge in [0.2, 0.25) is 0 Å². The molecule has 2 fully saturated rings. The first kappa shape index (κ1) is 21.3. The van der Waals surface area contributed by atoms with Crippen LogP contribution in [0.1, 0.15) is 65.7 Å². The highest BCUT2D eigenvalue weighted by Gasteiger charge is 2.46. The van der Waals surface area contributed by atoms with Gasteiger partial charge in [-0.3, -0.25) is 4.90 Å². The van der Waals surface area contributed by atoms with Gasteiger partial charge in [0, 0.05) is 41.2 Å². The average Bonchev–Trinajstić information content (AvgIpc) is 3.57. The normalized spacial score (nSPS) is 23.2. The van der Waals surface area contributed by atoms with Gasteiger partial charge in [-0.05, 0) is 73.6 Å². The Labute approximate surface area is 198 Å². The molecule has 7 heteroatoms. The fourth-order valence-corrected chi connectivity index (χ4v) is 8.05. The summed E-state index contributed by atoms with van der Waals surface area (Å²) in [5.74, 6) is 1.81. The Morgan fingerprint density at radius 3 is 2.70 bits per heavy atom. The van der Waals surface area contributed by atoms with Gasteiger partial charge in [-0.15, -0.1) is 11.3 Å². The highest BCUT2D eigenvalue weighted by atomic mass is 32.1. The lowest BCUT2D eigenvalue weighted by Gasteiger charge is -2.31. The van der Waals surface area contributed by atoms with E-state index in [0.29, 0.717) is 17.9 Å². The fraction of sp³-hybridized carbons (Fsp3) is 0.538. The topological polar surface area (TPSA) is 69.5 Å². The van der Waals surface area contributed by atoms with E-state index in [0.717, 1.165) is 24.7 Å². The number of hydrogen-bond donors (Lipinski definition) is 2. The number of fused-ring (bicyclic) bond motifs is 4. The van der Waals surface area contributed by atoms with Gasteiger partial charge in [0.25, 0.3) is 0 Å². The van der Waals surface area contributed by atoms with Crippen LogP contribution >= 0.6 is 11.3 Å². The molecule has 0 amide bonds. The second-order valence-electron chi connectivity index (χ2n) is 10.4. The number of H-pyrrole nitrogens is 1. The van der Waals surface area contributed by atoms with Crippen LogP contribution in [0.25, 0.3) is 27.1 Å². The first-order valence-electron chi connectivity index (χ1n) is 12.2. The van der Waals surface area contributed by atoms with Crippen molar-refractivity contribution < 1.29 is 5.11 Å². The van der Waals surface area contributed by atoms with E-state index in [1.54, 1.807) is 11.2 Å². The first-order valence-corrected chi connectivity index (χ1v) is 13.0. The summed E-state index contributed by atoms with van der Waals surface area (Å²) >= 11 is 1.98. The monoisotopic (exact) mass is 463 g/mol. The quantitative estimate of drug-likeness (QED) is 0.429. The summed E-state index contributed by atoms with van der Waals surface area (Å²) in [6.07, 6.45) is 6.29. The van der Waals surface area contributed by atoms with Crippen LogP contribution in [0.15, 0.2) is 12.5 Å². The van der Waals surface area contributed by atoms with Gasteiger partial charge in [-0.25, -0.2) is 9.50 Å². The van der Waals surface area contributed by atoms with Gasteiger partial charge in [0.05, 0.1) is 12.3 Å². The maximum absolute atomic E-state index is 9.38. The van der Waals surface area contributed by atoms with Crippen LogP contribution in [-0.4, -0.2) is 55.3 Å². The molecular formula is C26H33N5OS. The van der Waals surface area contributed by atoms with Crippen molar-refractivity contribution in [1.82, 2.24) is 24.5 Å². The summed E-state index contributed by atoms with van der Waals surface area (Å²) in [7, 11) is 0. The summed E-state index contributed by atoms with van der Waals surface area (Å²) in [6.45, 7) is 13.5. The predicted molar refractivity (Wildman–Crippen MR) is 134 cm³/mol. The molecule has 33 heavy (non-hydrogen) atoms. The van der Waals surface area contributed by atoms with E-state index >= 15 is 0 Å². The average molecular weight is 464 g/mol. The minimum Gasteiger partial charge on any atom is -0.395 e. The second-order valence-corrected chi connectivity index (χ2v) is 11.4. The SMILES string of the molecule is Cc1c(-c2[nH]c3sc([C@@H]4CC5C[C@H]4CN5CCO)c(C)c3c2C(C)C)cn2ncnc2c1C. The number of aryl methyl sites for hydroxylation is 2. The lowest BCUT2D eigenvalue weighted by atomic mass is 9.88. The third-order valence-electron chi connectivity index (χ3n) is 8.31. The highest BCUT2D eigenvalue weighted by Crippen LogP contribution is 2.53. The maximum atomic E-state index is 9.38. The van der Waals surface area contributed by atoms with Gasteiger partial charge in [-0.2, -0.15) is 5.10 Å². The minimum absolute atomic E-state index is 0.273. The standard InChI is InChI=1S/C26H33N5OS/c1-13(2)21-22-16(5)24(19-9-18-8-17(19)10-30(18)6-7-32)33-26(22)29-23(21)20-11-31-25(27-12-28-31)15(4)14(20)3/h11-13,17-19,29,32H,6-10H2,1-5H3/t17-,18?,19+/m0/s1. The minimum atomic E-state index is 0.273. The molecule has 0 spiro atoms. The molecule has 1 saturated heterocycles. The Morgan fingerprint density at radius 2 is 2.00 bits per heavy atom. The van der Waals surface area contributed by atoms with Crippen LogP contribution in [0.3, 0.4) is 0 Å². The smallest absolute Gasteiger partial charge is 0.158 e. The molecule has 4 aromatic rings. The van der Waals surface area contributed by atoms with Gasteiger partial charge in [-0.1, -0.05) is 13.8 Å². The van der Waals surface area contributed by atoms with E-state index in [-0.39, 0.29) is 6.61 Å². The lowest BCUT2D eigenvalue weighted by Crippen LogP contribution is -2.36. The van der Waals surface area contributed by atoms with E-state index in [4.69, 9.17) is 0 Å². The summed E-state index contributed by atoms with van der Waals surface area (Å²) < 4.78 is 1.91. The zero-order chi connectivity index (χ0) is 23.0. The van der Waals surface area contributed by atoms with E-state index in [2.05, 4.69) is 60.8 Å². The van der Waals surface area contributed by atoms with Crippen molar-refractivity contribution >= 4 is 27.2 Å². The van der Waals surface area contributed by atoms with Crippen LogP contribution < -0.4 is 0 Å². The summed E-state index contributed by atoms with van der Waals surface area (Å²) in [5.41, 5.74) is 8.74. The largest absolute Gasteiger partial charge is 0.395 e. The summed E-state index contributed by atoms with van der Waals surface area (Å²) in [6, 6.07) is 0.646. The molecule has 6 nitrogen and oxygen atoms in total. The van der Waals surface area contributed by atoms with Crippen molar-refractivity contribution in [2.24, 2.45) is 5.92 Å². The number of hydrogen-bond acceptors (Lipinski definition) is 5. The Kier molecular flexibility index (Phi) is 4.94. The van der Waals surface area contributed by atoms with Gasteiger partial charge in [0.15, 0.2) is 5.65 Å². The number of aliphatic hydroxyl groups excluding tert-OH is 1. The molecule has 2 bridgehead atoms. The van der Waals surface area contributed by atoms with Crippen molar-refractivity contribution in [2.75, 3.05) is 19.7 Å². The molecule has 1 aliphatic carbocycles. The fourth-order valence-electron chi connectivity index (χ4n) is 6.62. The van der Waals surface area contributed by atoms with Crippen molar-refractivity contribution in [3.05, 3.63) is 39.7 Å². The number of aromatic nitrogens is 4. The van der Waals surface area contributed by atoms with Crippen molar-refractivity contribution in [3.8, 4) is 11.3 Å². The number of nitrogens with zero attached hydrogens (tertiary/aromatic N) is 4. The van der Waals surface area contributed by atoms with Gasteiger partial charge in [0.1, 0.15) is 11.2 Å². The van der Waals surface area contributed by atoms with Gasteiger partial charge < -0.3 is 10.1 Å². The molecule has 0 aromatic carbocycles. The van der Waals surface area contributed by atoms with Crippen LogP contribution in [-0.2, 0) is 0 Å². The Morgan fingerprint density at radius 1 is 1.18 bits per heavy atom. The van der Waals surface area contributed by atoms with Crippen molar-refractivity contribution in [3.63, 3.8) is 0 Å². The number of nitrogens with one attached hydrogen (secondary N) is 1. The molecule has 2 N–H and O–H groups in total. The van der Waals surface area contributed by atoms with Crippen LogP contribution in [0.5, 0.6) is 0 Å². The molecule has 1 aliphatic heterocycles. The highest BCUT2D eigenvalue weighted by molar-refractivity contribution is 7.19. The van der Waals surface area contributed by atoms with E-state index in [1.807, 2.05) is 15.9 Å². The van der Waals surface area contributed by atoms with Crippen LogP contribution in [0.4, 0.5) is 0 Å². The number of aromatic amines is 1. The zero-order valence-corrected chi connectivity index (χ0v) is 21.0. The molecule has 0 radical (unpaired) electrons. The number of rotatable bonds is 5.